The fourth-order valence-electron chi connectivity index (χ4n) is 2.38. The number of benzene rings is 1. The van der Waals surface area contributed by atoms with Gasteiger partial charge in [0.2, 0.25) is 0 Å². The van der Waals surface area contributed by atoms with Gasteiger partial charge in [0.1, 0.15) is 5.75 Å². The van der Waals surface area contributed by atoms with Crippen LogP contribution in [0.3, 0.4) is 0 Å². The Balaban J connectivity index is 2.95. The molecule has 0 amide bonds. The summed E-state index contributed by atoms with van der Waals surface area (Å²) in [6.07, 6.45) is 2.45. The quantitative estimate of drug-likeness (QED) is 0.776. The average Bonchev–Trinajstić information content (AvgIpc) is 2.36. The van der Waals surface area contributed by atoms with Gasteiger partial charge in [-0.25, -0.2) is 0 Å². The van der Waals surface area contributed by atoms with E-state index in [0.29, 0.717) is 12.0 Å². The average molecular weight is 235 g/mol. The fraction of sp³-hybridized carbons (Fsp3) is 0.600. The Bertz CT molecular complexity index is 324. The molecule has 0 saturated carbocycles. The van der Waals surface area contributed by atoms with E-state index < -0.39 is 0 Å². The van der Waals surface area contributed by atoms with Gasteiger partial charge in [-0.1, -0.05) is 45.4 Å². The molecule has 1 N–H and O–H groups in total. The van der Waals surface area contributed by atoms with Crippen molar-refractivity contribution in [2.24, 2.45) is 5.92 Å². The van der Waals surface area contributed by atoms with E-state index in [-0.39, 0.29) is 0 Å². The molecule has 0 aliphatic carbocycles. The van der Waals surface area contributed by atoms with E-state index in [4.69, 9.17) is 4.74 Å². The molecule has 0 fully saturated rings. The molecule has 96 valence electrons. The highest BCUT2D eigenvalue weighted by atomic mass is 16.5. The standard InChI is InChI=1S/C15H25NO/c1-5-9-12(3)15(16-6-2)13-10-7-8-11-14(13)17-4/h7-8,10-12,15-16H,5-6,9H2,1-4H3. The van der Waals surface area contributed by atoms with E-state index in [9.17, 15) is 0 Å². The summed E-state index contributed by atoms with van der Waals surface area (Å²) < 4.78 is 5.46. The van der Waals surface area contributed by atoms with Gasteiger partial charge in [0, 0.05) is 11.6 Å². The molecule has 0 aliphatic rings. The second kappa shape index (κ2) is 7.33. The van der Waals surface area contributed by atoms with E-state index in [0.717, 1.165) is 12.3 Å². The van der Waals surface area contributed by atoms with E-state index >= 15 is 0 Å². The number of nitrogens with one attached hydrogen (secondary N) is 1. The maximum Gasteiger partial charge on any atom is 0.123 e. The van der Waals surface area contributed by atoms with Crippen LogP contribution in [0.4, 0.5) is 0 Å². The van der Waals surface area contributed by atoms with Crippen molar-refractivity contribution in [3.05, 3.63) is 29.8 Å². The zero-order valence-corrected chi connectivity index (χ0v) is 11.5. The number of ether oxygens (including phenoxy) is 1. The Kier molecular flexibility index (Phi) is 6.06. The summed E-state index contributed by atoms with van der Waals surface area (Å²) in [5, 5.41) is 3.58. The topological polar surface area (TPSA) is 21.3 Å². The van der Waals surface area contributed by atoms with E-state index in [1.165, 1.54) is 18.4 Å². The third-order valence-electron chi connectivity index (χ3n) is 3.21. The summed E-state index contributed by atoms with van der Waals surface area (Å²) in [5.74, 6) is 1.61. The number of methoxy groups -OCH3 is 1. The van der Waals surface area contributed by atoms with Crippen LogP contribution in [0.5, 0.6) is 5.75 Å². The normalized spacial score (nSPS) is 14.4. The van der Waals surface area contributed by atoms with Crippen LogP contribution in [0.15, 0.2) is 24.3 Å². The van der Waals surface area contributed by atoms with Crippen LogP contribution in [0.1, 0.15) is 45.2 Å². The Morgan fingerprint density at radius 2 is 1.94 bits per heavy atom. The Labute approximate surface area is 105 Å². The second-order valence-electron chi connectivity index (χ2n) is 4.54. The summed E-state index contributed by atoms with van der Waals surface area (Å²) in [4.78, 5) is 0. The lowest BCUT2D eigenvalue weighted by Gasteiger charge is -2.26. The molecule has 2 heteroatoms. The second-order valence-corrected chi connectivity index (χ2v) is 4.54. The molecule has 1 aromatic rings. The van der Waals surface area contributed by atoms with E-state index in [1.807, 2.05) is 12.1 Å². The van der Waals surface area contributed by atoms with Crippen molar-refractivity contribution in [1.82, 2.24) is 5.32 Å². The monoisotopic (exact) mass is 235 g/mol. The summed E-state index contributed by atoms with van der Waals surface area (Å²) in [6, 6.07) is 8.70. The first-order valence-electron chi connectivity index (χ1n) is 6.60. The van der Waals surface area contributed by atoms with Crippen LogP contribution in [0.2, 0.25) is 0 Å². The lowest BCUT2D eigenvalue weighted by molar-refractivity contribution is 0.346. The Morgan fingerprint density at radius 1 is 1.24 bits per heavy atom. The van der Waals surface area contributed by atoms with E-state index in [2.05, 4.69) is 38.2 Å². The van der Waals surface area contributed by atoms with Gasteiger partial charge in [-0.3, -0.25) is 0 Å². The van der Waals surface area contributed by atoms with Gasteiger partial charge in [0.05, 0.1) is 7.11 Å². The van der Waals surface area contributed by atoms with Crippen LogP contribution >= 0.6 is 0 Å². The van der Waals surface area contributed by atoms with Gasteiger partial charge in [0.25, 0.3) is 0 Å². The van der Waals surface area contributed by atoms with Gasteiger partial charge in [-0.15, -0.1) is 0 Å². The molecule has 17 heavy (non-hydrogen) atoms. The lowest BCUT2D eigenvalue weighted by Crippen LogP contribution is -2.27. The molecule has 0 aliphatic heterocycles. The van der Waals surface area contributed by atoms with Crippen molar-refractivity contribution < 1.29 is 4.74 Å². The zero-order chi connectivity index (χ0) is 12.7. The van der Waals surface area contributed by atoms with Gasteiger partial charge < -0.3 is 10.1 Å². The molecule has 1 aromatic carbocycles. The molecular formula is C15H25NO. The fourth-order valence-corrected chi connectivity index (χ4v) is 2.38. The first-order chi connectivity index (χ1) is 8.24. The Morgan fingerprint density at radius 3 is 2.53 bits per heavy atom. The molecule has 2 unspecified atom stereocenters. The van der Waals surface area contributed by atoms with Crippen molar-refractivity contribution >= 4 is 0 Å². The molecule has 0 radical (unpaired) electrons. The largest absolute Gasteiger partial charge is 0.496 e. The Hall–Kier alpha value is -1.02. The molecule has 0 heterocycles. The minimum absolute atomic E-state index is 0.385. The number of rotatable bonds is 7. The molecule has 2 nitrogen and oxygen atoms in total. The maximum atomic E-state index is 5.46. The van der Waals surface area contributed by atoms with Gasteiger partial charge in [0.15, 0.2) is 0 Å². The molecule has 0 spiro atoms. The third kappa shape index (κ3) is 3.74. The molecular weight excluding hydrogens is 210 g/mol. The minimum Gasteiger partial charge on any atom is -0.496 e. The molecule has 1 rings (SSSR count). The van der Waals surface area contributed by atoms with Gasteiger partial charge in [-0.2, -0.15) is 0 Å². The van der Waals surface area contributed by atoms with Crippen LogP contribution in [-0.2, 0) is 0 Å². The zero-order valence-electron chi connectivity index (χ0n) is 11.5. The summed E-state index contributed by atoms with van der Waals surface area (Å²) in [6.45, 7) is 7.68. The molecule has 2 atom stereocenters. The first kappa shape index (κ1) is 14.0. The van der Waals surface area contributed by atoms with Crippen molar-refractivity contribution in [3.63, 3.8) is 0 Å². The SMILES string of the molecule is CCCC(C)C(NCC)c1ccccc1OC. The predicted octanol–water partition coefficient (Wildman–Crippen LogP) is 3.78. The number of hydrogen-bond donors (Lipinski definition) is 1. The summed E-state index contributed by atoms with van der Waals surface area (Å²) >= 11 is 0. The van der Waals surface area contributed by atoms with Crippen molar-refractivity contribution in [3.8, 4) is 5.75 Å². The van der Waals surface area contributed by atoms with Crippen molar-refractivity contribution in [1.29, 1.82) is 0 Å². The highest BCUT2D eigenvalue weighted by Gasteiger charge is 2.20. The van der Waals surface area contributed by atoms with Gasteiger partial charge in [-0.05, 0) is 24.9 Å². The van der Waals surface area contributed by atoms with Crippen LogP contribution < -0.4 is 10.1 Å². The van der Waals surface area contributed by atoms with Crippen LogP contribution in [0.25, 0.3) is 0 Å². The first-order valence-corrected chi connectivity index (χ1v) is 6.60. The molecule has 0 bridgehead atoms. The highest BCUT2D eigenvalue weighted by molar-refractivity contribution is 5.36. The summed E-state index contributed by atoms with van der Waals surface area (Å²) in [7, 11) is 1.74. The van der Waals surface area contributed by atoms with Crippen molar-refractivity contribution in [2.45, 2.75) is 39.7 Å². The molecule has 0 aromatic heterocycles. The summed E-state index contributed by atoms with van der Waals surface area (Å²) in [5.41, 5.74) is 1.28. The van der Waals surface area contributed by atoms with Crippen LogP contribution in [0, 0.1) is 5.92 Å². The minimum atomic E-state index is 0.385. The predicted molar refractivity (Wildman–Crippen MR) is 73.5 cm³/mol. The maximum absolute atomic E-state index is 5.46. The van der Waals surface area contributed by atoms with E-state index in [1.54, 1.807) is 7.11 Å². The smallest absolute Gasteiger partial charge is 0.123 e. The van der Waals surface area contributed by atoms with Crippen molar-refractivity contribution in [2.75, 3.05) is 13.7 Å². The number of para-hydroxylation sites is 1. The molecule has 0 saturated heterocycles. The lowest BCUT2D eigenvalue weighted by atomic mass is 9.90. The van der Waals surface area contributed by atoms with Crippen LogP contribution in [-0.4, -0.2) is 13.7 Å². The highest BCUT2D eigenvalue weighted by Crippen LogP contribution is 2.31. The van der Waals surface area contributed by atoms with Gasteiger partial charge >= 0.3 is 0 Å². The third-order valence-corrected chi connectivity index (χ3v) is 3.21. The number of hydrogen-bond acceptors (Lipinski definition) is 2.